The molecule has 0 saturated carbocycles. The molecule has 1 aromatic heterocycles. The summed E-state index contributed by atoms with van der Waals surface area (Å²) < 4.78 is 0. The molecule has 106 valence electrons. The van der Waals surface area contributed by atoms with Crippen LogP contribution in [0.4, 0.5) is 0 Å². The van der Waals surface area contributed by atoms with Crippen LogP contribution in [0, 0.1) is 6.92 Å². The minimum Gasteiger partial charge on any atom is -0.545 e. The van der Waals surface area contributed by atoms with Gasteiger partial charge in [0.15, 0.2) is 0 Å². The van der Waals surface area contributed by atoms with Crippen molar-refractivity contribution >= 4 is 17.3 Å². The third-order valence-electron chi connectivity index (χ3n) is 3.34. The minimum absolute atomic E-state index is 0. The summed E-state index contributed by atoms with van der Waals surface area (Å²) in [6, 6.07) is 6.92. The Bertz CT molecular complexity index is 623. The van der Waals surface area contributed by atoms with Crippen LogP contribution in [0.15, 0.2) is 24.3 Å². The fourth-order valence-electron chi connectivity index (χ4n) is 1.85. The average molecular weight is 296 g/mol. The van der Waals surface area contributed by atoms with Crippen molar-refractivity contribution in [1.29, 1.82) is 0 Å². The normalized spacial score (nSPS) is 12.0. The van der Waals surface area contributed by atoms with Crippen molar-refractivity contribution < 1.29 is 28.8 Å². The fraction of sp³-hybridized carbons (Fsp3) is 0.333. The Hall–Kier alpha value is -1.12. The maximum atomic E-state index is 10.8. The van der Waals surface area contributed by atoms with Crippen LogP contribution in [0.1, 0.15) is 33.2 Å². The van der Waals surface area contributed by atoms with E-state index in [-0.39, 0.29) is 30.5 Å². The van der Waals surface area contributed by atoms with Crippen LogP contribution in [0.25, 0.3) is 11.3 Å². The van der Waals surface area contributed by atoms with Gasteiger partial charge in [-0.3, -0.25) is 0 Å². The third kappa shape index (κ3) is 3.95. The summed E-state index contributed by atoms with van der Waals surface area (Å²) in [5.74, 6) is -1.16. The Morgan fingerprint density at radius 2 is 1.86 bits per heavy atom. The van der Waals surface area contributed by atoms with E-state index in [9.17, 15) is 9.90 Å². The second-order valence-corrected chi connectivity index (χ2v) is 6.20. The molecule has 0 spiro atoms. The van der Waals surface area contributed by atoms with E-state index in [1.54, 1.807) is 35.6 Å². The molecule has 0 aliphatic carbocycles. The zero-order chi connectivity index (χ0) is 14.9. The van der Waals surface area contributed by atoms with Gasteiger partial charge in [0.05, 0.1) is 17.7 Å². The number of aromatic carboxylic acids is 1. The van der Waals surface area contributed by atoms with E-state index in [4.69, 9.17) is 0 Å². The van der Waals surface area contributed by atoms with Gasteiger partial charge in [-0.1, -0.05) is 24.3 Å². The van der Waals surface area contributed by atoms with Crippen molar-refractivity contribution in [2.45, 2.75) is 19.9 Å². The first-order valence-corrected chi connectivity index (χ1v) is 7.17. The molecule has 2 aromatic rings. The third-order valence-corrected chi connectivity index (χ3v) is 4.48. The second-order valence-electron chi connectivity index (χ2n) is 4.96. The molecule has 21 heavy (non-hydrogen) atoms. The number of benzene rings is 1. The molecule has 0 N–H and O–H groups in total. The molecule has 1 atom stereocenters. The van der Waals surface area contributed by atoms with Crippen LogP contribution in [0.5, 0.6) is 0 Å². The van der Waals surface area contributed by atoms with Crippen LogP contribution in [0.3, 0.4) is 0 Å². The molecule has 1 heterocycles. The summed E-state index contributed by atoms with van der Waals surface area (Å²) in [5.41, 5.74) is 2.04. The summed E-state index contributed by atoms with van der Waals surface area (Å²) in [4.78, 5) is 18.7. The molecular weight excluding hydrogens is 279 g/mol. The summed E-state index contributed by atoms with van der Waals surface area (Å²) in [6.07, 6.45) is 0. The molecule has 2 rings (SSSR count). The SMILES string of the molecule is Cc1sc([C@H](C)N(C)C)nc1-c1ccc(C(=O)[O-])cc1.[Li+]. The summed E-state index contributed by atoms with van der Waals surface area (Å²) in [6.45, 7) is 4.15. The monoisotopic (exact) mass is 296 g/mol. The Balaban J connectivity index is 0.00000220. The standard InChI is InChI=1S/C15H18N2O2S.Li/c1-9(17(3)4)14-16-13(10(2)20-14)11-5-7-12(8-6-11)15(18)19;/h5-9H,1-4H3,(H,18,19);/q;+1/p-1/t9-;/m0./s1. The Morgan fingerprint density at radius 1 is 1.29 bits per heavy atom. The van der Waals surface area contributed by atoms with E-state index >= 15 is 0 Å². The van der Waals surface area contributed by atoms with Crippen molar-refractivity contribution in [3.8, 4) is 11.3 Å². The maximum absolute atomic E-state index is 10.8. The molecular formula is C15H17LiN2O2S. The Labute approximate surface area is 141 Å². The van der Waals surface area contributed by atoms with E-state index in [1.165, 1.54) is 0 Å². The number of hydrogen-bond donors (Lipinski definition) is 0. The van der Waals surface area contributed by atoms with Gasteiger partial charge in [0.25, 0.3) is 0 Å². The maximum Gasteiger partial charge on any atom is 1.00 e. The van der Waals surface area contributed by atoms with Crippen LogP contribution in [-0.2, 0) is 0 Å². The van der Waals surface area contributed by atoms with Crippen molar-refractivity contribution in [3.63, 3.8) is 0 Å². The topological polar surface area (TPSA) is 56.3 Å². The number of aryl methyl sites for hydroxylation is 1. The van der Waals surface area contributed by atoms with Crippen molar-refractivity contribution in [2.24, 2.45) is 0 Å². The Morgan fingerprint density at radius 3 is 2.33 bits per heavy atom. The summed E-state index contributed by atoms with van der Waals surface area (Å²) >= 11 is 1.67. The molecule has 0 fully saturated rings. The van der Waals surface area contributed by atoms with Crippen LogP contribution in [-0.4, -0.2) is 29.9 Å². The molecule has 1 aromatic carbocycles. The number of hydrogen-bond acceptors (Lipinski definition) is 5. The van der Waals surface area contributed by atoms with Gasteiger partial charge in [-0.15, -0.1) is 11.3 Å². The van der Waals surface area contributed by atoms with Crippen molar-refractivity contribution in [2.75, 3.05) is 14.1 Å². The van der Waals surface area contributed by atoms with E-state index in [0.717, 1.165) is 21.1 Å². The van der Waals surface area contributed by atoms with Gasteiger partial charge in [0.1, 0.15) is 5.01 Å². The number of thiazole rings is 1. The number of carbonyl (C=O) groups is 1. The van der Waals surface area contributed by atoms with Gasteiger partial charge >= 0.3 is 18.9 Å². The van der Waals surface area contributed by atoms with Crippen LogP contribution >= 0.6 is 11.3 Å². The number of carboxylic acid groups (broad SMARTS) is 1. The molecule has 0 saturated heterocycles. The molecule has 4 nitrogen and oxygen atoms in total. The molecule has 0 bridgehead atoms. The second kappa shape index (κ2) is 7.23. The van der Waals surface area contributed by atoms with Crippen LogP contribution < -0.4 is 24.0 Å². The number of carboxylic acids is 1. The first kappa shape index (κ1) is 17.9. The first-order valence-electron chi connectivity index (χ1n) is 6.35. The predicted molar refractivity (Wildman–Crippen MR) is 78.7 cm³/mol. The zero-order valence-corrected chi connectivity index (χ0v) is 13.8. The minimum atomic E-state index is -1.16. The molecule has 0 amide bonds. The average Bonchev–Trinajstić information content (AvgIpc) is 2.79. The number of carbonyl (C=O) groups excluding carboxylic acids is 1. The van der Waals surface area contributed by atoms with Gasteiger partial charge in [-0.25, -0.2) is 4.98 Å². The summed E-state index contributed by atoms with van der Waals surface area (Å²) in [7, 11) is 4.05. The molecule has 0 aliphatic heterocycles. The molecule has 6 heteroatoms. The van der Waals surface area contributed by atoms with Crippen LogP contribution in [0.2, 0.25) is 0 Å². The predicted octanol–water partition coefficient (Wildman–Crippen LogP) is -0.891. The molecule has 0 unspecified atom stereocenters. The zero-order valence-electron chi connectivity index (χ0n) is 13.0. The largest absolute Gasteiger partial charge is 1.00 e. The van der Waals surface area contributed by atoms with Gasteiger partial charge in [0, 0.05) is 10.4 Å². The molecule has 0 aliphatic rings. The van der Waals surface area contributed by atoms with E-state index in [1.807, 2.05) is 21.0 Å². The van der Waals surface area contributed by atoms with Crippen molar-refractivity contribution in [1.82, 2.24) is 9.88 Å². The summed E-state index contributed by atoms with van der Waals surface area (Å²) in [5, 5.41) is 11.8. The smallest absolute Gasteiger partial charge is 0.545 e. The number of aromatic nitrogens is 1. The van der Waals surface area contributed by atoms with E-state index < -0.39 is 5.97 Å². The fourth-order valence-corrected chi connectivity index (χ4v) is 2.94. The van der Waals surface area contributed by atoms with Gasteiger partial charge in [-0.2, -0.15) is 0 Å². The van der Waals surface area contributed by atoms with E-state index in [2.05, 4.69) is 16.8 Å². The molecule has 0 radical (unpaired) electrons. The van der Waals surface area contributed by atoms with E-state index in [0.29, 0.717) is 0 Å². The van der Waals surface area contributed by atoms with Gasteiger partial charge in [-0.05, 0) is 33.5 Å². The van der Waals surface area contributed by atoms with Gasteiger partial charge < -0.3 is 14.8 Å². The number of nitrogens with zero attached hydrogens (tertiary/aromatic N) is 2. The van der Waals surface area contributed by atoms with Crippen molar-refractivity contribution in [3.05, 3.63) is 39.7 Å². The quantitative estimate of drug-likeness (QED) is 0.687. The van der Waals surface area contributed by atoms with Gasteiger partial charge in [0.2, 0.25) is 0 Å². The number of rotatable bonds is 4. The first-order chi connectivity index (χ1) is 9.40. The Kier molecular flexibility index (Phi) is 6.18.